The minimum atomic E-state index is -0.685. The SMILES string of the molecule is CC(=O)OC(CNC(=O)O[C@H]1CC[C@@]2(C)[C@H](CC[C@@H]3[C@@H]2CC[C@]2(C)[C@@H](C(=O)O)CC[C@]32N)C1)CN1CCCCC1. The number of esters is 1. The molecule has 5 fully saturated rings. The zero-order chi connectivity index (χ0) is 28.7. The van der Waals surface area contributed by atoms with E-state index in [-0.39, 0.29) is 41.5 Å². The van der Waals surface area contributed by atoms with E-state index < -0.39 is 17.6 Å². The highest BCUT2D eigenvalue weighted by Crippen LogP contribution is 2.68. The first-order valence-electron chi connectivity index (χ1n) is 15.8. The van der Waals surface area contributed by atoms with Crippen LogP contribution in [0.15, 0.2) is 0 Å². The third kappa shape index (κ3) is 5.37. The van der Waals surface area contributed by atoms with Crippen molar-refractivity contribution in [2.45, 2.75) is 116 Å². The van der Waals surface area contributed by atoms with E-state index in [9.17, 15) is 19.5 Å². The molecule has 0 aromatic rings. The fourth-order valence-corrected chi connectivity index (χ4v) is 9.99. The number of nitrogens with zero attached hydrogens (tertiary/aromatic N) is 1. The lowest BCUT2D eigenvalue weighted by molar-refractivity contribution is -0.157. The number of nitrogens with two attached hydrogens (primary N) is 1. The molecule has 9 heteroatoms. The lowest BCUT2D eigenvalue weighted by Gasteiger charge is -2.64. The number of carbonyl (C=O) groups is 3. The van der Waals surface area contributed by atoms with E-state index in [4.69, 9.17) is 15.2 Å². The maximum Gasteiger partial charge on any atom is 0.407 e. The third-order valence-electron chi connectivity index (χ3n) is 12.2. The van der Waals surface area contributed by atoms with Crippen LogP contribution in [0.25, 0.3) is 0 Å². The summed E-state index contributed by atoms with van der Waals surface area (Å²) < 4.78 is 11.4. The summed E-state index contributed by atoms with van der Waals surface area (Å²) in [5.41, 5.74) is 6.63. The molecule has 226 valence electrons. The Labute approximate surface area is 239 Å². The number of alkyl carbamates (subject to hydrolysis) is 1. The molecule has 0 aromatic heterocycles. The number of ether oxygens (including phenoxy) is 2. The first kappa shape index (κ1) is 29.6. The van der Waals surface area contributed by atoms with Crippen molar-refractivity contribution in [1.29, 1.82) is 0 Å². The van der Waals surface area contributed by atoms with E-state index in [1.807, 2.05) is 0 Å². The van der Waals surface area contributed by atoms with Gasteiger partial charge in [0.1, 0.15) is 12.2 Å². The van der Waals surface area contributed by atoms with E-state index >= 15 is 0 Å². The number of carboxylic acid groups (broad SMARTS) is 1. The lowest BCUT2D eigenvalue weighted by Crippen LogP contribution is -2.66. The normalized spacial score (nSPS) is 42.0. The number of hydrogen-bond acceptors (Lipinski definition) is 7. The van der Waals surface area contributed by atoms with Gasteiger partial charge in [0.2, 0.25) is 0 Å². The Kier molecular flexibility index (Phi) is 8.46. The molecule has 0 aromatic carbocycles. The summed E-state index contributed by atoms with van der Waals surface area (Å²) >= 11 is 0. The molecule has 40 heavy (non-hydrogen) atoms. The van der Waals surface area contributed by atoms with Crippen molar-refractivity contribution < 1.29 is 29.0 Å². The fraction of sp³-hybridized carbons (Fsp3) is 0.903. The highest BCUT2D eigenvalue weighted by Gasteiger charge is 2.67. The predicted octanol–water partition coefficient (Wildman–Crippen LogP) is 4.32. The van der Waals surface area contributed by atoms with Gasteiger partial charge in [-0.15, -0.1) is 0 Å². The van der Waals surface area contributed by atoms with Gasteiger partial charge in [-0.25, -0.2) is 4.79 Å². The Hall–Kier alpha value is -1.87. The first-order chi connectivity index (χ1) is 19.0. The minimum absolute atomic E-state index is 0.118. The predicted molar refractivity (Wildman–Crippen MR) is 150 cm³/mol. The number of piperidine rings is 1. The van der Waals surface area contributed by atoms with Gasteiger partial charge in [0.05, 0.1) is 12.5 Å². The molecular weight excluding hydrogens is 510 g/mol. The van der Waals surface area contributed by atoms with Crippen LogP contribution in [0.4, 0.5) is 4.79 Å². The average molecular weight is 562 g/mol. The minimum Gasteiger partial charge on any atom is -0.481 e. The maximum atomic E-state index is 12.8. The second-order valence-electron chi connectivity index (χ2n) is 14.2. The van der Waals surface area contributed by atoms with Crippen LogP contribution >= 0.6 is 0 Å². The first-order valence-corrected chi connectivity index (χ1v) is 15.8. The van der Waals surface area contributed by atoms with Crippen molar-refractivity contribution in [3.05, 3.63) is 0 Å². The monoisotopic (exact) mass is 561 g/mol. The zero-order valence-electron chi connectivity index (χ0n) is 24.8. The number of nitrogens with one attached hydrogen (secondary N) is 1. The van der Waals surface area contributed by atoms with Gasteiger partial charge in [0.25, 0.3) is 0 Å². The number of carboxylic acids is 1. The molecule has 1 aliphatic heterocycles. The Morgan fingerprint density at radius 1 is 1.00 bits per heavy atom. The Balaban J connectivity index is 1.16. The molecule has 1 saturated heterocycles. The van der Waals surface area contributed by atoms with Crippen LogP contribution in [0.3, 0.4) is 0 Å². The summed E-state index contributed by atoms with van der Waals surface area (Å²) in [7, 11) is 0. The topological polar surface area (TPSA) is 131 Å². The quantitative estimate of drug-likeness (QED) is 0.392. The van der Waals surface area contributed by atoms with Crippen LogP contribution < -0.4 is 11.1 Å². The molecule has 1 amide bonds. The van der Waals surface area contributed by atoms with Crippen molar-refractivity contribution in [2.24, 2.45) is 40.2 Å². The summed E-state index contributed by atoms with van der Waals surface area (Å²) in [5.74, 6) is -0.0427. The lowest BCUT2D eigenvalue weighted by atomic mass is 9.42. The standard InChI is InChI=1S/C31H51N3O6/c1-20(35)39-23(19-34-15-5-4-6-16-34)18-33-28(38)40-22-9-12-29(2)21(17-22)7-8-25-24(29)10-13-30(3)26(27(36)37)11-14-31(25,30)32/h21-26H,4-19,32H2,1-3H3,(H,33,38)(H,36,37)/t21-,22+,23?,24+,25-,26-,29+,30-,31+/m1/s1. The van der Waals surface area contributed by atoms with Crippen molar-refractivity contribution in [2.75, 3.05) is 26.2 Å². The molecule has 0 bridgehead atoms. The highest BCUT2D eigenvalue weighted by atomic mass is 16.6. The summed E-state index contributed by atoms with van der Waals surface area (Å²) in [6, 6.07) is 0. The van der Waals surface area contributed by atoms with Gasteiger partial charge in [-0.1, -0.05) is 20.3 Å². The molecule has 9 atom stereocenters. The molecule has 9 nitrogen and oxygen atoms in total. The van der Waals surface area contributed by atoms with Crippen molar-refractivity contribution >= 4 is 18.0 Å². The summed E-state index contributed by atoms with van der Waals surface area (Å²) in [6.45, 7) is 8.85. The number of hydrogen-bond donors (Lipinski definition) is 3. The molecule has 0 spiro atoms. The van der Waals surface area contributed by atoms with Crippen molar-refractivity contribution in [3.63, 3.8) is 0 Å². The fourth-order valence-electron chi connectivity index (χ4n) is 9.99. The van der Waals surface area contributed by atoms with E-state index in [0.29, 0.717) is 30.7 Å². The van der Waals surface area contributed by atoms with Crippen LogP contribution in [-0.4, -0.2) is 72.0 Å². The number of rotatable bonds is 7. The van der Waals surface area contributed by atoms with Crippen LogP contribution in [0.2, 0.25) is 0 Å². The van der Waals surface area contributed by atoms with Gasteiger partial charge in [-0.05, 0) is 112 Å². The van der Waals surface area contributed by atoms with Gasteiger partial charge >= 0.3 is 18.0 Å². The van der Waals surface area contributed by atoms with Crippen LogP contribution in [0.5, 0.6) is 0 Å². The number of amides is 1. The summed E-state index contributed by atoms with van der Waals surface area (Å²) in [4.78, 5) is 38.8. The Morgan fingerprint density at radius 2 is 1.75 bits per heavy atom. The van der Waals surface area contributed by atoms with Gasteiger partial charge in [0, 0.05) is 19.0 Å². The van der Waals surface area contributed by atoms with E-state index in [1.165, 1.54) is 13.3 Å². The molecule has 4 N–H and O–H groups in total. The molecule has 5 rings (SSSR count). The van der Waals surface area contributed by atoms with Gasteiger partial charge in [-0.3, -0.25) is 14.5 Å². The molecule has 1 unspecified atom stereocenters. The van der Waals surface area contributed by atoms with Gasteiger partial charge in [0.15, 0.2) is 0 Å². The van der Waals surface area contributed by atoms with Gasteiger partial charge < -0.3 is 25.6 Å². The Bertz CT molecular complexity index is 971. The molecule has 4 saturated carbocycles. The molecule has 0 radical (unpaired) electrons. The van der Waals surface area contributed by atoms with Crippen molar-refractivity contribution in [3.8, 4) is 0 Å². The smallest absolute Gasteiger partial charge is 0.407 e. The van der Waals surface area contributed by atoms with Crippen LogP contribution in [-0.2, 0) is 19.1 Å². The van der Waals surface area contributed by atoms with E-state index in [1.54, 1.807) is 0 Å². The molecule has 4 aliphatic carbocycles. The zero-order valence-corrected chi connectivity index (χ0v) is 24.8. The second kappa shape index (κ2) is 11.4. The maximum absolute atomic E-state index is 12.8. The number of aliphatic carboxylic acids is 1. The van der Waals surface area contributed by atoms with Gasteiger partial charge in [-0.2, -0.15) is 0 Å². The average Bonchev–Trinajstić information content (AvgIpc) is 3.19. The largest absolute Gasteiger partial charge is 0.481 e. The number of likely N-dealkylation sites (tertiary alicyclic amines) is 1. The van der Waals surface area contributed by atoms with Crippen LogP contribution in [0.1, 0.15) is 97.8 Å². The third-order valence-corrected chi connectivity index (χ3v) is 12.2. The number of fused-ring (bicyclic) bond motifs is 5. The second-order valence-corrected chi connectivity index (χ2v) is 14.2. The molecule has 5 aliphatic rings. The highest BCUT2D eigenvalue weighted by molar-refractivity contribution is 5.72. The summed E-state index contributed by atoms with van der Waals surface area (Å²) in [6.07, 6.45) is 10.8. The molecule has 1 heterocycles. The number of carbonyl (C=O) groups excluding carboxylic acids is 2. The van der Waals surface area contributed by atoms with Crippen LogP contribution in [0, 0.1) is 34.5 Å². The van der Waals surface area contributed by atoms with Crippen molar-refractivity contribution in [1.82, 2.24) is 10.2 Å². The Morgan fingerprint density at radius 3 is 2.45 bits per heavy atom. The van der Waals surface area contributed by atoms with E-state index in [2.05, 4.69) is 24.1 Å². The summed E-state index contributed by atoms with van der Waals surface area (Å²) in [5, 5.41) is 12.8. The molecular formula is C31H51N3O6. The van der Waals surface area contributed by atoms with E-state index in [0.717, 1.165) is 77.3 Å².